The number of rotatable bonds is 3. The molecular formula is C22H12ClF3N2O2. The molecule has 0 aliphatic carbocycles. The van der Waals surface area contributed by atoms with Gasteiger partial charge in [-0.15, -0.1) is 0 Å². The fourth-order valence-electron chi connectivity index (χ4n) is 3.28. The topological polar surface area (TPSA) is 52.0 Å². The van der Waals surface area contributed by atoms with Crippen molar-refractivity contribution in [2.24, 2.45) is 0 Å². The summed E-state index contributed by atoms with van der Waals surface area (Å²) in [4.78, 5) is 24.3. The van der Waals surface area contributed by atoms with E-state index in [0.29, 0.717) is 34.0 Å². The maximum atomic E-state index is 13.5. The van der Waals surface area contributed by atoms with E-state index in [2.05, 4.69) is 5.10 Å². The number of aromatic nitrogens is 2. The lowest BCUT2D eigenvalue weighted by atomic mass is 10.1. The molecule has 1 aromatic heterocycles. The molecule has 0 amide bonds. The Morgan fingerprint density at radius 2 is 1.73 bits per heavy atom. The van der Waals surface area contributed by atoms with Crippen molar-refractivity contribution in [1.29, 1.82) is 0 Å². The summed E-state index contributed by atoms with van der Waals surface area (Å²) in [6.45, 7) is 0. The van der Waals surface area contributed by atoms with Gasteiger partial charge in [0.05, 0.1) is 21.7 Å². The fourth-order valence-corrected chi connectivity index (χ4v) is 3.53. The third-order valence-electron chi connectivity index (χ3n) is 4.61. The lowest BCUT2D eigenvalue weighted by molar-refractivity contribution is -0.137. The highest BCUT2D eigenvalue weighted by Gasteiger charge is 2.37. The van der Waals surface area contributed by atoms with Crippen LogP contribution in [-0.4, -0.2) is 22.0 Å². The number of carbonyl (C=O) groups is 2. The lowest BCUT2D eigenvalue weighted by Gasteiger charge is -2.13. The Morgan fingerprint density at radius 1 is 1.00 bits per heavy atom. The Labute approximate surface area is 173 Å². The molecule has 0 N–H and O–H groups in total. The number of halogens is 4. The summed E-state index contributed by atoms with van der Waals surface area (Å²) in [5, 5.41) is 4.53. The number of aldehydes is 1. The summed E-state index contributed by atoms with van der Waals surface area (Å²) < 4.78 is 41.4. The van der Waals surface area contributed by atoms with Crippen molar-refractivity contribution >= 4 is 34.7 Å². The van der Waals surface area contributed by atoms with Crippen LogP contribution in [-0.2, 0) is 6.18 Å². The third-order valence-corrected chi connectivity index (χ3v) is 4.92. The van der Waals surface area contributed by atoms with E-state index in [1.165, 1.54) is 6.07 Å². The number of hydrogen-bond donors (Lipinski definition) is 0. The highest BCUT2D eigenvalue weighted by atomic mass is 35.5. The zero-order chi connectivity index (χ0) is 21.5. The molecule has 0 aliphatic rings. The van der Waals surface area contributed by atoms with Crippen molar-refractivity contribution in [2.45, 2.75) is 6.18 Å². The van der Waals surface area contributed by atoms with Gasteiger partial charge < -0.3 is 0 Å². The van der Waals surface area contributed by atoms with Gasteiger partial charge in [0.1, 0.15) is 12.0 Å². The number of hydrogen-bond acceptors (Lipinski definition) is 3. The minimum Gasteiger partial charge on any atom is -0.298 e. The van der Waals surface area contributed by atoms with E-state index < -0.39 is 23.2 Å². The van der Waals surface area contributed by atoms with Crippen LogP contribution in [0.2, 0.25) is 5.02 Å². The van der Waals surface area contributed by atoms with Crippen molar-refractivity contribution in [3.8, 4) is 11.3 Å². The summed E-state index contributed by atoms with van der Waals surface area (Å²) in [5.74, 6) is -0.998. The molecule has 1 heterocycles. The van der Waals surface area contributed by atoms with Crippen LogP contribution in [0.25, 0.3) is 22.2 Å². The van der Waals surface area contributed by atoms with Gasteiger partial charge in [-0.2, -0.15) is 23.0 Å². The maximum Gasteiger partial charge on any atom is 0.417 e. The number of fused-ring (bicyclic) bond motifs is 1. The Morgan fingerprint density at radius 3 is 2.47 bits per heavy atom. The van der Waals surface area contributed by atoms with Gasteiger partial charge >= 0.3 is 6.18 Å². The number of benzene rings is 3. The van der Waals surface area contributed by atoms with E-state index in [1.807, 2.05) is 0 Å². The highest BCUT2D eigenvalue weighted by molar-refractivity contribution is 6.34. The Bertz CT molecular complexity index is 1300. The van der Waals surface area contributed by atoms with E-state index in [0.717, 1.165) is 16.8 Å². The molecular weight excluding hydrogens is 417 g/mol. The van der Waals surface area contributed by atoms with E-state index in [1.54, 1.807) is 48.5 Å². The first-order chi connectivity index (χ1) is 14.3. The largest absolute Gasteiger partial charge is 0.417 e. The molecule has 0 unspecified atom stereocenters. The van der Waals surface area contributed by atoms with Crippen LogP contribution >= 0.6 is 11.6 Å². The number of para-hydroxylation sites is 1. The first-order valence-electron chi connectivity index (χ1n) is 8.75. The van der Waals surface area contributed by atoms with E-state index in [9.17, 15) is 22.8 Å². The Hall–Kier alpha value is -3.45. The van der Waals surface area contributed by atoms with Gasteiger partial charge in [0.25, 0.3) is 5.91 Å². The van der Waals surface area contributed by atoms with Gasteiger partial charge in [-0.05, 0) is 24.3 Å². The minimum absolute atomic E-state index is 0.320. The number of alkyl halides is 3. The minimum atomic E-state index is -4.76. The van der Waals surface area contributed by atoms with Gasteiger partial charge in [-0.25, -0.2) is 0 Å². The summed E-state index contributed by atoms with van der Waals surface area (Å²) in [6.07, 6.45) is -4.09. The molecule has 0 saturated carbocycles. The second kappa shape index (κ2) is 7.42. The molecule has 0 radical (unpaired) electrons. The van der Waals surface area contributed by atoms with Crippen LogP contribution in [0.3, 0.4) is 0 Å². The van der Waals surface area contributed by atoms with Gasteiger partial charge in [-0.1, -0.05) is 54.1 Å². The van der Waals surface area contributed by atoms with Crippen LogP contribution in [0.15, 0.2) is 66.7 Å². The van der Waals surface area contributed by atoms with Crippen LogP contribution in [0, 0.1) is 0 Å². The van der Waals surface area contributed by atoms with Crippen molar-refractivity contribution in [3.63, 3.8) is 0 Å². The average Bonchev–Trinajstić information content (AvgIpc) is 3.12. The maximum absolute atomic E-state index is 13.5. The zero-order valence-corrected chi connectivity index (χ0v) is 15.9. The number of carbonyl (C=O) groups excluding carboxylic acids is 2. The highest BCUT2D eigenvalue weighted by Crippen LogP contribution is 2.36. The van der Waals surface area contributed by atoms with Crippen LogP contribution in [0.1, 0.15) is 26.3 Å². The number of nitrogens with zero attached hydrogens (tertiary/aromatic N) is 2. The van der Waals surface area contributed by atoms with Gasteiger partial charge in [-0.3, -0.25) is 9.59 Å². The second-order valence-corrected chi connectivity index (χ2v) is 6.89. The molecule has 30 heavy (non-hydrogen) atoms. The van der Waals surface area contributed by atoms with E-state index in [-0.39, 0.29) is 5.02 Å². The van der Waals surface area contributed by atoms with Gasteiger partial charge in [0.15, 0.2) is 0 Å². The molecule has 4 rings (SSSR count). The summed E-state index contributed by atoms with van der Waals surface area (Å²) in [7, 11) is 0. The average molecular weight is 429 g/mol. The molecule has 0 bridgehead atoms. The first kappa shape index (κ1) is 19.8. The second-order valence-electron chi connectivity index (χ2n) is 6.49. The van der Waals surface area contributed by atoms with Crippen LogP contribution in [0.4, 0.5) is 13.2 Å². The van der Waals surface area contributed by atoms with Crippen molar-refractivity contribution in [3.05, 3.63) is 88.4 Å². The molecule has 4 aromatic rings. The van der Waals surface area contributed by atoms with Crippen LogP contribution < -0.4 is 0 Å². The van der Waals surface area contributed by atoms with Gasteiger partial charge in [0.2, 0.25) is 0 Å². The Kier molecular flexibility index (Phi) is 4.91. The lowest BCUT2D eigenvalue weighted by Crippen LogP contribution is -2.20. The molecule has 3 aromatic carbocycles. The molecule has 0 aliphatic heterocycles. The van der Waals surface area contributed by atoms with Crippen molar-refractivity contribution in [1.82, 2.24) is 9.78 Å². The predicted octanol–water partition coefficient (Wildman–Crippen LogP) is 5.88. The van der Waals surface area contributed by atoms with E-state index in [4.69, 9.17) is 11.6 Å². The molecule has 0 saturated heterocycles. The molecule has 4 nitrogen and oxygen atoms in total. The summed E-state index contributed by atoms with van der Waals surface area (Å²) in [5.41, 5.74) is -0.164. The predicted molar refractivity (Wildman–Crippen MR) is 107 cm³/mol. The van der Waals surface area contributed by atoms with Crippen LogP contribution in [0.5, 0.6) is 0 Å². The molecule has 0 fully saturated rings. The normalized spacial score (nSPS) is 11.6. The first-order valence-corrected chi connectivity index (χ1v) is 9.13. The standard InChI is InChI=1S/C22H12ClF3N2O2/c23-17-9-4-8-16(22(24,25)26)19(17)21(30)28-18-10-2-1-7-15(18)20(27-28)14-6-3-5-13(11-14)12-29/h1-12H. The molecule has 0 spiro atoms. The Balaban J connectivity index is 1.96. The van der Waals surface area contributed by atoms with Crippen molar-refractivity contribution < 1.29 is 22.8 Å². The quantitative estimate of drug-likeness (QED) is 0.383. The molecule has 0 atom stereocenters. The molecule has 8 heteroatoms. The fraction of sp³-hybridized carbons (Fsp3) is 0.0455. The van der Waals surface area contributed by atoms with Gasteiger partial charge in [0, 0.05) is 16.5 Å². The summed E-state index contributed by atoms with van der Waals surface area (Å²) in [6, 6.07) is 16.4. The summed E-state index contributed by atoms with van der Waals surface area (Å²) >= 11 is 5.99. The molecule has 150 valence electrons. The smallest absolute Gasteiger partial charge is 0.298 e. The van der Waals surface area contributed by atoms with E-state index >= 15 is 0 Å². The third kappa shape index (κ3) is 3.37. The monoisotopic (exact) mass is 428 g/mol. The SMILES string of the molecule is O=Cc1cccc(-c2nn(C(=O)c3c(Cl)cccc3C(F)(F)F)c3ccccc23)c1. The zero-order valence-electron chi connectivity index (χ0n) is 15.2. The van der Waals surface area contributed by atoms with Crippen molar-refractivity contribution in [2.75, 3.05) is 0 Å².